The second-order valence-corrected chi connectivity index (χ2v) is 3.66. The number of nitrogens with zero attached hydrogens (tertiary/aromatic N) is 1. The number of hydrogen-bond acceptors (Lipinski definition) is 4. The monoisotopic (exact) mass is 225 g/mol. The molecule has 1 aromatic carbocycles. The lowest BCUT2D eigenvalue weighted by Crippen LogP contribution is -1.96. The van der Waals surface area contributed by atoms with Crippen molar-refractivity contribution in [3.8, 4) is 11.5 Å². The van der Waals surface area contributed by atoms with Crippen molar-refractivity contribution in [3.05, 3.63) is 27.8 Å². The van der Waals surface area contributed by atoms with Gasteiger partial charge in [0, 0.05) is 5.56 Å². The van der Waals surface area contributed by atoms with Crippen molar-refractivity contribution in [1.82, 2.24) is 0 Å². The summed E-state index contributed by atoms with van der Waals surface area (Å²) in [4.78, 5) is 10.1. The van der Waals surface area contributed by atoms with Gasteiger partial charge in [0.05, 0.1) is 4.92 Å². The quantitative estimate of drug-likeness (QED) is 0.349. The Balaban J connectivity index is 2.99. The van der Waals surface area contributed by atoms with E-state index < -0.39 is 16.4 Å². The van der Waals surface area contributed by atoms with Crippen molar-refractivity contribution in [2.45, 2.75) is 32.6 Å². The second-order valence-electron chi connectivity index (χ2n) is 3.66. The molecule has 0 fully saturated rings. The average molecular weight is 225 g/mol. The molecule has 1 aromatic rings. The fourth-order valence-corrected chi connectivity index (χ4v) is 1.58. The van der Waals surface area contributed by atoms with E-state index in [1.807, 2.05) is 6.92 Å². The standard InChI is InChI=1S/C11H15NO4/c1-2-3-4-5-8-6-7-9(13)11(14)10(8)12(15)16/h6-7,13-14H,2-5H2,1H3. The van der Waals surface area contributed by atoms with Crippen molar-refractivity contribution in [2.75, 3.05) is 0 Å². The molecule has 0 bridgehead atoms. The number of phenolic OH excluding ortho intramolecular Hbond substituents is 2. The first-order valence-corrected chi connectivity index (χ1v) is 5.26. The molecule has 5 heteroatoms. The van der Waals surface area contributed by atoms with Crippen molar-refractivity contribution >= 4 is 5.69 Å². The Labute approximate surface area is 93.5 Å². The van der Waals surface area contributed by atoms with Gasteiger partial charge in [-0.2, -0.15) is 0 Å². The minimum absolute atomic E-state index is 0.379. The first-order chi connectivity index (χ1) is 7.57. The maximum absolute atomic E-state index is 10.8. The van der Waals surface area contributed by atoms with E-state index in [0.717, 1.165) is 19.3 Å². The van der Waals surface area contributed by atoms with Gasteiger partial charge in [-0.25, -0.2) is 0 Å². The Bertz CT molecular complexity index is 390. The van der Waals surface area contributed by atoms with Crippen molar-refractivity contribution in [1.29, 1.82) is 0 Å². The molecule has 0 spiro atoms. The molecule has 0 aliphatic carbocycles. The summed E-state index contributed by atoms with van der Waals surface area (Å²) in [7, 11) is 0. The molecule has 2 N–H and O–H groups in total. The van der Waals surface area contributed by atoms with E-state index >= 15 is 0 Å². The highest BCUT2D eigenvalue weighted by molar-refractivity contribution is 5.59. The van der Waals surface area contributed by atoms with Crippen LogP contribution in [0.4, 0.5) is 5.69 Å². The number of aryl methyl sites for hydroxylation is 1. The first kappa shape index (κ1) is 12.3. The maximum atomic E-state index is 10.8. The third kappa shape index (κ3) is 2.62. The molecule has 0 saturated heterocycles. The molecule has 0 aromatic heterocycles. The SMILES string of the molecule is CCCCCc1ccc(O)c(O)c1[N+](=O)[O-]. The highest BCUT2D eigenvalue weighted by Gasteiger charge is 2.22. The Kier molecular flexibility index (Phi) is 4.10. The van der Waals surface area contributed by atoms with Gasteiger partial charge >= 0.3 is 5.69 Å². The Hall–Kier alpha value is -1.78. The largest absolute Gasteiger partial charge is 0.504 e. The van der Waals surface area contributed by atoms with E-state index in [1.165, 1.54) is 12.1 Å². The number of hydrogen-bond donors (Lipinski definition) is 2. The summed E-state index contributed by atoms with van der Waals surface area (Å²) in [6, 6.07) is 2.77. The maximum Gasteiger partial charge on any atom is 0.317 e. The first-order valence-electron chi connectivity index (χ1n) is 5.26. The summed E-state index contributed by atoms with van der Waals surface area (Å²) in [5.74, 6) is -1.09. The minimum atomic E-state index is -0.656. The molecular formula is C11H15NO4. The van der Waals surface area contributed by atoms with Crippen LogP contribution in [0.5, 0.6) is 11.5 Å². The number of unbranched alkanes of at least 4 members (excludes halogenated alkanes) is 2. The zero-order valence-electron chi connectivity index (χ0n) is 9.14. The topological polar surface area (TPSA) is 83.6 Å². The lowest BCUT2D eigenvalue weighted by atomic mass is 10.0. The molecule has 88 valence electrons. The van der Waals surface area contributed by atoms with Crippen LogP contribution in [-0.4, -0.2) is 15.1 Å². The molecule has 0 amide bonds. The van der Waals surface area contributed by atoms with Crippen LogP contribution in [0, 0.1) is 10.1 Å². The summed E-state index contributed by atoms with van der Waals surface area (Å²) in [5, 5.41) is 29.4. The van der Waals surface area contributed by atoms with Gasteiger partial charge in [-0.05, 0) is 25.0 Å². The summed E-state index contributed by atoms with van der Waals surface area (Å²) in [6.45, 7) is 2.04. The van der Waals surface area contributed by atoms with Crippen LogP contribution in [0.1, 0.15) is 31.7 Å². The van der Waals surface area contributed by atoms with Crippen molar-refractivity contribution in [3.63, 3.8) is 0 Å². The van der Waals surface area contributed by atoms with Gasteiger partial charge in [0.25, 0.3) is 0 Å². The van der Waals surface area contributed by atoms with Gasteiger partial charge in [-0.15, -0.1) is 0 Å². The summed E-state index contributed by atoms with van der Waals surface area (Å²) < 4.78 is 0. The molecule has 0 saturated carbocycles. The van der Waals surface area contributed by atoms with E-state index in [9.17, 15) is 20.3 Å². The number of aromatic hydroxyl groups is 2. The van der Waals surface area contributed by atoms with Crippen LogP contribution >= 0.6 is 0 Å². The highest BCUT2D eigenvalue weighted by atomic mass is 16.6. The molecule has 5 nitrogen and oxygen atoms in total. The normalized spacial score (nSPS) is 10.3. The van der Waals surface area contributed by atoms with Gasteiger partial charge < -0.3 is 10.2 Å². The van der Waals surface area contributed by atoms with Gasteiger partial charge in [0.15, 0.2) is 5.75 Å². The number of nitro benzene ring substituents is 1. The Morgan fingerprint density at radius 1 is 1.31 bits per heavy atom. The summed E-state index contributed by atoms with van der Waals surface area (Å²) in [6.07, 6.45) is 3.39. The van der Waals surface area contributed by atoms with E-state index in [-0.39, 0.29) is 5.69 Å². The van der Waals surface area contributed by atoms with E-state index in [2.05, 4.69) is 0 Å². The van der Waals surface area contributed by atoms with Crippen LogP contribution in [0.2, 0.25) is 0 Å². The molecule has 0 unspecified atom stereocenters. The number of rotatable bonds is 5. The van der Waals surface area contributed by atoms with Gasteiger partial charge in [0.1, 0.15) is 0 Å². The molecule has 0 atom stereocenters. The van der Waals surface area contributed by atoms with Crippen LogP contribution in [0.25, 0.3) is 0 Å². The zero-order valence-corrected chi connectivity index (χ0v) is 9.14. The number of nitro groups is 1. The third-order valence-corrected chi connectivity index (χ3v) is 2.45. The fraction of sp³-hybridized carbons (Fsp3) is 0.455. The summed E-state index contributed by atoms with van der Waals surface area (Å²) >= 11 is 0. The average Bonchev–Trinajstić information content (AvgIpc) is 2.23. The third-order valence-electron chi connectivity index (χ3n) is 2.45. The fourth-order valence-electron chi connectivity index (χ4n) is 1.58. The van der Waals surface area contributed by atoms with Crippen molar-refractivity contribution < 1.29 is 15.1 Å². The predicted molar refractivity (Wildman–Crippen MR) is 59.7 cm³/mol. The molecular weight excluding hydrogens is 210 g/mol. The van der Waals surface area contributed by atoms with Gasteiger partial charge in [-0.1, -0.05) is 19.8 Å². The van der Waals surface area contributed by atoms with Crippen molar-refractivity contribution in [2.24, 2.45) is 0 Å². The lowest BCUT2D eigenvalue weighted by Gasteiger charge is -2.05. The Morgan fingerprint density at radius 2 is 2.00 bits per heavy atom. The van der Waals surface area contributed by atoms with Gasteiger partial charge in [0.2, 0.25) is 5.75 Å². The smallest absolute Gasteiger partial charge is 0.317 e. The van der Waals surface area contributed by atoms with Crippen LogP contribution < -0.4 is 0 Å². The minimum Gasteiger partial charge on any atom is -0.504 e. The van der Waals surface area contributed by atoms with E-state index in [0.29, 0.717) is 12.0 Å². The van der Waals surface area contributed by atoms with E-state index in [1.54, 1.807) is 0 Å². The molecule has 16 heavy (non-hydrogen) atoms. The molecule has 0 heterocycles. The predicted octanol–water partition coefficient (Wildman–Crippen LogP) is 2.74. The number of benzene rings is 1. The number of phenols is 2. The van der Waals surface area contributed by atoms with E-state index in [4.69, 9.17) is 0 Å². The van der Waals surface area contributed by atoms with Crippen LogP contribution in [0.3, 0.4) is 0 Å². The molecule has 0 aliphatic rings. The highest BCUT2D eigenvalue weighted by Crippen LogP contribution is 2.38. The van der Waals surface area contributed by atoms with Crippen LogP contribution in [-0.2, 0) is 6.42 Å². The van der Waals surface area contributed by atoms with Gasteiger partial charge in [-0.3, -0.25) is 10.1 Å². The second kappa shape index (κ2) is 5.34. The molecule has 0 radical (unpaired) electrons. The molecule has 0 aliphatic heterocycles. The lowest BCUT2D eigenvalue weighted by molar-refractivity contribution is -0.386. The van der Waals surface area contributed by atoms with Crippen LogP contribution in [0.15, 0.2) is 12.1 Å². The Morgan fingerprint density at radius 3 is 2.56 bits per heavy atom. The molecule has 1 rings (SSSR count). The zero-order chi connectivity index (χ0) is 12.1. The summed E-state index contributed by atoms with van der Waals surface area (Å²) in [5.41, 5.74) is 0.0878.